The topological polar surface area (TPSA) is 113 Å². The Morgan fingerprint density at radius 2 is 1.55 bits per heavy atom. The number of nitrogens with zero attached hydrogens (tertiary/aromatic N) is 2. The molecule has 0 saturated carbocycles. The molecule has 2 aliphatic heterocycles. The van der Waals surface area contributed by atoms with E-state index in [1.54, 1.807) is 0 Å². The largest absolute Gasteiger partial charge is 0.369 e. The Morgan fingerprint density at radius 3 is 2.06 bits per heavy atom. The van der Waals surface area contributed by atoms with E-state index in [9.17, 15) is 18.0 Å². The summed E-state index contributed by atoms with van der Waals surface area (Å²) in [5.74, 6) is -0.497. The van der Waals surface area contributed by atoms with Crippen molar-refractivity contribution in [2.45, 2.75) is 57.4 Å². The van der Waals surface area contributed by atoms with E-state index >= 15 is 0 Å². The van der Waals surface area contributed by atoms with Crippen molar-refractivity contribution in [3.05, 3.63) is 28.8 Å². The second kappa shape index (κ2) is 9.67. The number of rotatable bonds is 6. The van der Waals surface area contributed by atoms with E-state index in [-0.39, 0.29) is 30.3 Å². The summed E-state index contributed by atoms with van der Waals surface area (Å²) in [6, 6.07) is 3.89. The SMILES string of the molecule is Cc1cc(C)c(S(=O)(=O)N2CCC(C(=O)NC3CCN(CC(N)=O)CC3)CC2)c(C)c1. The van der Waals surface area contributed by atoms with E-state index in [2.05, 4.69) is 5.32 Å². The minimum absolute atomic E-state index is 0.00750. The molecule has 9 heteroatoms. The minimum Gasteiger partial charge on any atom is -0.369 e. The van der Waals surface area contributed by atoms with Crippen molar-refractivity contribution in [3.8, 4) is 0 Å². The van der Waals surface area contributed by atoms with Crippen molar-refractivity contribution in [2.75, 3.05) is 32.7 Å². The molecule has 0 aromatic heterocycles. The number of carbonyl (C=O) groups excluding carboxylic acids is 2. The van der Waals surface area contributed by atoms with Crippen LogP contribution in [0.5, 0.6) is 0 Å². The highest BCUT2D eigenvalue weighted by Gasteiger charge is 2.34. The van der Waals surface area contributed by atoms with Crippen LogP contribution < -0.4 is 11.1 Å². The number of amides is 2. The summed E-state index contributed by atoms with van der Waals surface area (Å²) in [6.07, 6.45) is 2.63. The molecule has 2 saturated heterocycles. The van der Waals surface area contributed by atoms with E-state index in [1.807, 2.05) is 37.8 Å². The van der Waals surface area contributed by atoms with Crippen LogP contribution >= 0.6 is 0 Å². The molecule has 172 valence electrons. The van der Waals surface area contributed by atoms with Crippen LogP contribution in [-0.4, -0.2) is 68.2 Å². The van der Waals surface area contributed by atoms with Crippen molar-refractivity contribution in [3.63, 3.8) is 0 Å². The van der Waals surface area contributed by atoms with Crippen molar-refractivity contribution >= 4 is 21.8 Å². The molecular weight excluding hydrogens is 416 g/mol. The quantitative estimate of drug-likeness (QED) is 0.673. The second-order valence-electron chi connectivity index (χ2n) is 8.93. The summed E-state index contributed by atoms with van der Waals surface area (Å²) in [6.45, 7) is 8.06. The third-order valence-corrected chi connectivity index (χ3v) is 8.55. The fourth-order valence-electron chi connectivity index (χ4n) is 4.84. The van der Waals surface area contributed by atoms with E-state index in [0.717, 1.165) is 42.6 Å². The zero-order chi connectivity index (χ0) is 22.8. The van der Waals surface area contributed by atoms with Gasteiger partial charge in [0.25, 0.3) is 0 Å². The van der Waals surface area contributed by atoms with Crippen molar-refractivity contribution in [1.29, 1.82) is 0 Å². The number of hydrogen-bond acceptors (Lipinski definition) is 5. The summed E-state index contributed by atoms with van der Waals surface area (Å²) < 4.78 is 28.0. The first kappa shape index (κ1) is 23.7. The molecule has 3 N–H and O–H groups in total. The van der Waals surface area contributed by atoms with Crippen LogP contribution in [0.25, 0.3) is 0 Å². The molecule has 3 rings (SSSR count). The van der Waals surface area contributed by atoms with Gasteiger partial charge in [0.1, 0.15) is 0 Å². The lowest BCUT2D eigenvalue weighted by Crippen LogP contribution is -2.49. The molecule has 1 aromatic carbocycles. The van der Waals surface area contributed by atoms with Gasteiger partial charge < -0.3 is 11.1 Å². The van der Waals surface area contributed by atoms with Gasteiger partial charge in [-0.1, -0.05) is 17.7 Å². The Balaban J connectivity index is 1.54. The van der Waals surface area contributed by atoms with Gasteiger partial charge >= 0.3 is 0 Å². The number of primary amides is 1. The predicted molar refractivity (Wildman–Crippen MR) is 119 cm³/mol. The highest BCUT2D eigenvalue weighted by atomic mass is 32.2. The number of nitrogens with two attached hydrogens (primary N) is 1. The second-order valence-corrected chi connectivity index (χ2v) is 10.8. The minimum atomic E-state index is -3.57. The molecule has 0 atom stereocenters. The maximum atomic E-state index is 13.2. The van der Waals surface area contributed by atoms with E-state index in [4.69, 9.17) is 5.73 Å². The molecule has 0 unspecified atom stereocenters. The zero-order valence-electron chi connectivity index (χ0n) is 18.7. The van der Waals surface area contributed by atoms with Gasteiger partial charge in [0, 0.05) is 38.1 Å². The van der Waals surface area contributed by atoms with Gasteiger partial charge in [-0.05, 0) is 57.6 Å². The number of nitrogens with one attached hydrogen (secondary N) is 1. The molecule has 0 radical (unpaired) electrons. The van der Waals surface area contributed by atoms with E-state index < -0.39 is 10.0 Å². The highest BCUT2D eigenvalue weighted by molar-refractivity contribution is 7.89. The molecule has 2 aliphatic rings. The maximum absolute atomic E-state index is 13.2. The number of carbonyl (C=O) groups is 2. The third-order valence-electron chi connectivity index (χ3n) is 6.34. The van der Waals surface area contributed by atoms with Gasteiger partial charge in [-0.25, -0.2) is 8.42 Å². The lowest BCUT2D eigenvalue weighted by molar-refractivity contribution is -0.127. The summed E-state index contributed by atoms with van der Waals surface area (Å²) in [5.41, 5.74) is 7.81. The van der Waals surface area contributed by atoms with Crippen LogP contribution in [0.3, 0.4) is 0 Å². The number of aryl methyl sites for hydroxylation is 3. The number of benzene rings is 1. The fraction of sp³-hybridized carbons (Fsp3) is 0.636. The fourth-order valence-corrected chi connectivity index (χ4v) is 6.72. The summed E-state index contributed by atoms with van der Waals surface area (Å²) >= 11 is 0. The Hall–Kier alpha value is -1.97. The summed E-state index contributed by atoms with van der Waals surface area (Å²) in [7, 11) is -3.57. The predicted octanol–water partition coefficient (Wildman–Crippen LogP) is 1.08. The molecule has 0 bridgehead atoms. The Kier molecular flexibility index (Phi) is 7.39. The van der Waals surface area contributed by atoms with Crippen LogP contribution in [0.15, 0.2) is 17.0 Å². The van der Waals surface area contributed by atoms with Crippen molar-refractivity contribution < 1.29 is 18.0 Å². The van der Waals surface area contributed by atoms with Gasteiger partial charge in [0.05, 0.1) is 11.4 Å². The monoisotopic (exact) mass is 450 g/mol. The average molecular weight is 451 g/mol. The van der Waals surface area contributed by atoms with E-state index in [0.29, 0.717) is 30.8 Å². The average Bonchev–Trinajstić information content (AvgIpc) is 2.68. The molecule has 0 aliphatic carbocycles. The first-order valence-electron chi connectivity index (χ1n) is 11.0. The molecule has 31 heavy (non-hydrogen) atoms. The maximum Gasteiger partial charge on any atom is 0.243 e. The Morgan fingerprint density at radius 1 is 1.00 bits per heavy atom. The molecular formula is C22H34N4O4S. The van der Waals surface area contributed by atoms with Crippen LogP contribution in [0.4, 0.5) is 0 Å². The molecule has 2 fully saturated rings. The third kappa shape index (κ3) is 5.64. The smallest absolute Gasteiger partial charge is 0.243 e. The summed E-state index contributed by atoms with van der Waals surface area (Å²) in [4.78, 5) is 26.2. The molecule has 8 nitrogen and oxygen atoms in total. The van der Waals surface area contributed by atoms with Gasteiger partial charge in [-0.15, -0.1) is 0 Å². The standard InChI is InChI=1S/C22H34N4O4S/c1-15-12-16(2)21(17(3)13-15)31(29,30)26-10-4-18(5-11-26)22(28)24-19-6-8-25(9-7-19)14-20(23)27/h12-13,18-19H,4-11,14H2,1-3H3,(H2,23,27)(H,24,28). The van der Waals surface area contributed by atoms with Crippen molar-refractivity contribution in [1.82, 2.24) is 14.5 Å². The molecule has 2 amide bonds. The van der Waals surface area contributed by atoms with Crippen LogP contribution in [-0.2, 0) is 19.6 Å². The number of piperidine rings is 2. The van der Waals surface area contributed by atoms with Crippen molar-refractivity contribution in [2.24, 2.45) is 11.7 Å². The first-order valence-corrected chi connectivity index (χ1v) is 12.4. The highest BCUT2D eigenvalue weighted by Crippen LogP contribution is 2.29. The number of likely N-dealkylation sites (tertiary alicyclic amines) is 1. The number of sulfonamides is 1. The Labute approximate surface area is 185 Å². The molecule has 0 spiro atoms. The zero-order valence-corrected chi connectivity index (χ0v) is 19.5. The van der Waals surface area contributed by atoms with Crippen LogP contribution in [0.1, 0.15) is 42.4 Å². The van der Waals surface area contributed by atoms with Gasteiger partial charge in [-0.3, -0.25) is 14.5 Å². The Bertz CT molecular complexity index is 908. The normalized spacial score (nSPS) is 20.0. The molecule has 2 heterocycles. The number of hydrogen-bond donors (Lipinski definition) is 2. The van der Waals surface area contributed by atoms with E-state index in [1.165, 1.54) is 4.31 Å². The van der Waals surface area contributed by atoms with Gasteiger partial charge in [0.15, 0.2) is 0 Å². The lowest BCUT2D eigenvalue weighted by Gasteiger charge is -2.34. The van der Waals surface area contributed by atoms with Gasteiger partial charge in [-0.2, -0.15) is 4.31 Å². The first-order chi connectivity index (χ1) is 14.6. The lowest BCUT2D eigenvalue weighted by atomic mass is 9.96. The van der Waals surface area contributed by atoms with Crippen LogP contribution in [0.2, 0.25) is 0 Å². The molecule has 1 aromatic rings. The van der Waals surface area contributed by atoms with Crippen LogP contribution in [0, 0.1) is 26.7 Å². The summed E-state index contributed by atoms with van der Waals surface area (Å²) in [5, 5.41) is 3.12. The van der Waals surface area contributed by atoms with Gasteiger partial charge in [0.2, 0.25) is 21.8 Å².